The van der Waals surface area contributed by atoms with Gasteiger partial charge in [0.1, 0.15) is 0 Å². The molecule has 3 aromatic rings. The number of aromatic nitrogens is 2. The van der Waals surface area contributed by atoms with Gasteiger partial charge in [-0.25, -0.2) is 10.1 Å². The van der Waals surface area contributed by atoms with Gasteiger partial charge in [0, 0.05) is 15.4 Å². The minimum atomic E-state index is -0.473. The van der Waals surface area contributed by atoms with Crippen LogP contribution >= 0.6 is 15.9 Å². The lowest BCUT2D eigenvalue weighted by atomic mass is 10.1. The van der Waals surface area contributed by atoms with Crippen molar-refractivity contribution in [2.75, 3.05) is 0 Å². The van der Waals surface area contributed by atoms with Gasteiger partial charge >= 0.3 is 0 Å². The van der Waals surface area contributed by atoms with Crippen LogP contribution in [0, 0.1) is 0 Å². The number of rotatable bonds is 4. The van der Waals surface area contributed by atoms with E-state index in [0.29, 0.717) is 10.8 Å². The Kier molecular flexibility index (Phi) is 5.27. The molecule has 0 aliphatic heterocycles. The molecule has 1 amide bonds. The molecule has 0 saturated heterocycles. The van der Waals surface area contributed by atoms with Crippen molar-refractivity contribution in [1.29, 1.82) is 0 Å². The Labute approximate surface area is 158 Å². The summed E-state index contributed by atoms with van der Waals surface area (Å²) in [4.78, 5) is 25.1. The van der Waals surface area contributed by atoms with E-state index in [4.69, 9.17) is 0 Å². The van der Waals surface area contributed by atoms with Crippen LogP contribution in [0.25, 0.3) is 10.8 Å². The summed E-state index contributed by atoms with van der Waals surface area (Å²) in [7, 11) is 0. The van der Waals surface area contributed by atoms with Gasteiger partial charge in [-0.3, -0.25) is 9.59 Å². The van der Waals surface area contributed by atoms with Crippen LogP contribution < -0.4 is 11.0 Å². The Bertz CT molecular complexity index is 1060. The number of carbonyl (C=O) groups excluding carboxylic acids is 1. The van der Waals surface area contributed by atoms with Gasteiger partial charge in [0.05, 0.1) is 17.6 Å². The van der Waals surface area contributed by atoms with Crippen molar-refractivity contribution in [2.24, 2.45) is 5.10 Å². The first-order chi connectivity index (χ1) is 12.5. The lowest BCUT2D eigenvalue weighted by Crippen LogP contribution is -2.30. The topological polar surface area (TPSA) is 76.3 Å². The summed E-state index contributed by atoms with van der Waals surface area (Å²) in [5.41, 5.74) is 3.26. The smallest absolute Gasteiger partial charge is 0.267 e. The molecule has 1 heterocycles. The lowest BCUT2D eigenvalue weighted by Gasteiger charge is -2.12. The maximum absolute atomic E-state index is 12.6. The van der Waals surface area contributed by atoms with Crippen LogP contribution in [-0.2, 0) is 0 Å². The fourth-order valence-electron chi connectivity index (χ4n) is 2.52. The van der Waals surface area contributed by atoms with Crippen molar-refractivity contribution in [3.05, 3.63) is 74.6 Å². The molecular weight excluding hydrogens is 396 g/mol. The van der Waals surface area contributed by atoms with Crippen LogP contribution in [-0.4, -0.2) is 21.9 Å². The second-order valence-electron chi connectivity index (χ2n) is 5.96. The van der Waals surface area contributed by atoms with Gasteiger partial charge in [-0.2, -0.15) is 10.2 Å². The van der Waals surface area contributed by atoms with Crippen LogP contribution in [0.5, 0.6) is 0 Å². The average molecular weight is 413 g/mol. The molecule has 1 aromatic heterocycles. The zero-order valence-electron chi connectivity index (χ0n) is 14.3. The largest absolute Gasteiger partial charge is 0.292 e. The number of nitrogens with one attached hydrogen (secondary N) is 1. The quantitative estimate of drug-likeness (QED) is 0.526. The molecule has 0 atom stereocenters. The Morgan fingerprint density at radius 3 is 2.50 bits per heavy atom. The first-order valence-corrected chi connectivity index (χ1v) is 8.88. The molecule has 0 radical (unpaired) electrons. The lowest BCUT2D eigenvalue weighted by molar-refractivity contribution is 0.0949. The molecule has 0 saturated carbocycles. The summed E-state index contributed by atoms with van der Waals surface area (Å²) < 4.78 is 2.18. The monoisotopic (exact) mass is 412 g/mol. The number of carbonyl (C=O) groups is 1. The molecule has 6 nitrogen and oxygen atoms in total. The zero-order valence-corrected chi connectivity index (χ0v) is 15.9. The van der Waals surface area contributed by atoms with E-state index in [1.54, 1.807) is 30.5 Å². The highest BCUT2D eigenvalue weighted by Crippen LogP contribution is 2.15. The number of halogens is 1. The Hall–Kier alpha value is -2.80. The normalized spacial score (nSPS) is 11.4. The molecule has 0 bridgehead atoms. The number of fused-ring (bicyclic) bond motifs is 1. The molecule has 0 aliphatic rings. The number of hydrazone groups is 1. The van der Waals surface area contributed by atoms with Crippen LogP contribution in [0.3, 0.4) is 0 Å². The second kappa shape index (κ2) is 7.61. The van der Waals surface area contributed by atoms with Crippen LogP contribution in [0.15, 0.2) is 62.9 Å². The molecule has 132 valence electrons. The number of hydrogen-bond donors (Lipinski definition) is 1. The highest BCUT2D eigenvalue weighted by molar-refractivity contribution is 9.10. The predicted octanol–water partition coefficient (Wildman–Crippen LogP) is 3.50. The minimum absolute atomic E-state index is 0.164. The summed E-state index contributed by atoms with van der Waals surface area (Å²) in [5, 5.41) is 9.21. The third-order valence-corrected chi connectivity index (χ3v) is 4.53. The van der Waals surface area contributed by atoms with Crippen molar-refractivity contribution >= 4 is 38.8 Å². The minimum Gasteiger partial charge on any atom is -0.267 e. The average Bonchev–Trinajstić information content (AvgIpc) is 2.63. The van der Waals surface area contributed by atoms with Gasteiger partial charge in [-0.15, -0.1) is 0 Å². The van der Waals surface area contributed by atoms with E-state index in [1.165, 1.54) is 4.68 Å². The van der Waals surface area contributed by atoms with E-state index in [0.717, 1.165) is 10.0 Å². The highest BCUT2D eigenvalue weighted by Gasteiger charge is 2.17. The van der Waals surface area contributed by atoms with Crippen molar-refractivity contribution in [1.82, 2.24) is 15.2 Å². The van der Waals surface area contributed by atoms with E-state index in [-0.39, 0.29) is 17.3 Å². The molecule has 0 aliphatic carbocycles. The van der Waals surface area contributed by atoms with Crippen molar-refractivity contribution in [3.63, 3.8) is 0 Å². The van der Waals surface area contributed by atoms with E-state index < -0.39 is 5.91 Å². The van der Waals surface area contributed by atoms with Crippen molar-refractivity contribution in [3.8, 4) is 0 Å². The van der Waals surface area contributed by atoms with Gasteiger partial charge in [-0.1, -0.05) is 52.3 Å². The molecule has 2 aromatic carbocycles. The number of hydrogen-bond acceptors (Lipinski definition) is 4. The van der Waals surface area contributed by atoms with E-state index in [2.05, 4.69) is 31.6 Å². The van der Waals surface area contributed by atoms with Crippen LogP contribution in [0.2, 0.25) is 0 Å². The van der Waals surface area contributed by atoms with E-state index >= 15 is 0 Å². The van der Waals surface area contributed by atoms with Gasteiger partial charge in [-0.05, 0) is 26.0 Å². The summed E-state index contributed by atoms with van der Waals surface area (Å²) in [6, 6.07) is 14.3. The maximum atomic E-state index is 12.6. The fraction of sp³-hybridized carbons (Fsp3) is 0.158. The summed E-state index contributed by atoms with van der Waals surface area (Å²) in [5.74, 6) is -0.473. The third-order valence-electron chi connectivity index (χ3n) is 3.81. The molecule has 26 heavy (non-hydrogen) atoms. The van der Waals surface area contributed by atoms with Crippen LogP contribution in [0.4, 0.5) is 0 Å². The summed E-state index contributed by atoms with van der Waals surface area (Å²) >= 11 is 3.42. The Balaban J connectivity index is 1.97. The first-order valence-electron chi connectivity index (χ1n) is 8.08. The van der Waals surface area contributed by atoms with Crippen molar-refractivity contribution < 1.29 is 4.79 Å². The molecule has 1 N–H and O–H groups in total. The summed E-state index contributed by atoms with van der Waals surface area (Å²) in [6.07, 6.45) is 1.54. The maximum Gasteiger partial charge on any atom is 0.292 e. The SMILES string of the molecule is CC(C)n1nc(C(=O)N/N=C/c2ccccc2Br)c2ccccc2c1=O. The van der Waals surface area contributed by atoms with E-state index in [1.807, 2.05) is 38.1 Å². The number of benzene rings is 2. The summed E-state index contributed by atoms with van der Waals surface area (Å²) in [6.45, 7) is 3.69. The van der Waals surface area contributed by atoms with E-state index in [9.17, 15) is 9.59 Å². The van der Waals surface area contributed by atoms with Gasteiger partial charge in [0.2, 0.25) is 0 Å². The number of nitrogens with zero attached hydrogens (tertiary/aromatic N) is 3. The van der Waals surface area contributed by atoms with Crippen molar-refractivity contribution in [2.45, 2.75) is 19.9 Å². The Morgan fingerprint density at radius 2 is 1.81 bits per heavy atom. The molecule has 0 unspecified atom stereocenters. The highest BCUT2D eigenvalue weighted by atomic mass is 79.9. The van der Waals surface area contributed by atoms with Gasteiger partial charge in [0.25, 0.3) is 11.5 Å². The fourth-order valence-corrected chi connectivity index (χ4v) is 2.90. The standard InChI is InChI=1S/C19H17BrN4O2/c1-12(2)24-19(26)15-9-5-4-8-14(15)17(23-24)18(25)22-21-11-13-7-3-6-10-16(13)20/h3-12H,1-2H3,(H,22,25)/b21-11+. The molecule has 0 fully saturated rings. The van der Waals surface area contributed by atoms with Gasteiger partial charge < -0.3 is 0 Å². The second-order valence-corrected chi connectivity index (χ2v) is 6.81. The predicted molar refractivity (Wildman–Crippen MR) is 106 cm³/mol. The van der Waals surface area contributed by atoms with Crippen LogP contribution in [0.1, 0.15) is 35.9 Å². The molecule has 7 heteroatoms. The Morgan fingerprint density at radius 1 is 1.15 bits per heavy atom. The molecule has 3 rings (SSSR count). The zero-order chi connectivity index (χ0) is 18.7. The molecular formula is C19H17BrN4O2. The third kappa shape index (κ3) is 3.57. The molecule has 0 spiro atoms. The first kappa shape index (κ1) is 18.0. The number of amides is 1. The van der Waals surface area contributed by atoms with Gasteiger partial charge in [0.15, 0.2) is 5.69 Å².